The number of amides is 2. The van der Waals surface area contributed by atoms with E-state index in [2.05, 4.69) is 16.2 Å². The van der Waals surface area contributed by atoms with Crippen molar-refractivity contribution in [3.05, 3.63) is 35.9 Å². The Kier molecular flexibility index (Phi) is 5.43. The molecule has 5 atom stereocenters. The smallest absolute Gasteiger partial charge is 0.225 e. The van der Waals surface area contributed by atoms with Gasteiger partial charge in [0.05, 0.1) is 24.7 Å². The van der Waals surface area contributed by atoms with Crippen molar-refractivity contribution in [1.29, 1.82) is 0 Å². The highest BCUT2D eigenvalue weighted by atomic mass is 16.3. The second-order valence-corrected chi connectivity index (χ2v) is 7.89. The number of carbonyl (C=O) groups is 2. The molecule has 0 bridgehead atoms. The lowest BCUT2D eigenvalue weighted by Gasteiger charge is -2.32. The molecule has 1 saturated carbocycles. The number of aliphatic hydroxyl groups is 1. The fourth-order valence-electron chi connectivity index (χ4n) is 4.71. The highest BCUT2D eigenvalue weighted by Crippen LogP contribution is 2.34. The lowest BCUT2D eigenvalue weighted by molar-refractivity contribution is -0.131. The predicted molar refractivity (Wildman–Crippen MR) is 100 cm³/mol. The number of hydrogen-bond donors (Lipinski definition) is 4. The van der Waals surface area contributed by atoms with Gasteiger partial charge in [-0.15, -0.1) is 0 Å². The van der Waals surface area contributed by atoms with Gasteiger partial charge in [-0.2, -0.15) is 0 Å². The third-order valence-electron chi connectivity index (χ3n) is 6.21. The second-order valence-electron chi connectivity index (χ2n) is 7.89. The Morgan fingerprint density at radius 2 is 2.00 bits per heavy atom. The molecule has 2 amide bonds. The van der Waals surface area contributed by atoms with Crippen molar-refractivity contribution >= 4 is 11.8 Å². The van der Waals surface area contributed by atoms with E-state index in [0.29, 0.717) is 18.5 Å². The lowest BCUT2D eigenvalue weighted by atomic mass is 9.84. The Labute approximate surface area is 159 Å². The summed E-state index contributed by atoms with van der Waals surface area (Å²) in [6.07, 6.45) is 4.87. The number of hydrogen-bond acceptors (Lipinski definition) is 5. The van der Waals surface area contributed by atoms with Crippen LogP contribution in [0.4, 0.5) is 0 Å². The van der Waals surface area contributed by atoms with Crippen LogP contribution >= 0.6 is 0 Å². The van der Waals surface area contributed by atoms with Gasteiger partial charge in [-0.05, 0) is 18.4 Å². The van der Waals surface area contributed by atoms with Crippen molar-refractivity contribution in [3.8, 4) is 0 Å². The third-order valence-corrected chi connectivity index (χ3v) is 6.21. The summed E-state index contributed by atoms with van der Waals surface area (Å²) in [6, 6.07) is 9.39. The third kappa shape index (κ3) is 3.72. The zero-order valence-electron chi connectivity index (χ0n) is 15.4. The van der Waals surface area contributed by atoms with Gasteiger partial charge in [0, 0.05) is 24.9 Å². The Morgan fingerprint density at radius 1 is 1.22 bits per heavy atom. The van der Waals surface area contributed by atoms with Gasteiger partial charge in [0.2, 0.25) is 11.8 Å². The summed E-state index contributed by atoms with van der Waals surface area (Å²) < 4.78 is 0. The predicted octanol–water partition coefficient (Wildman–Crippen LogP) is 0.677. The van der Waals surface area contributed by atoms with Crippen molar-refractivity contribution < 1.29 is 14.7 Å². The van der Waals surface area contributed by atoms with Crippen LogP contribution < -0.4 is 16.2 Å². The van der Waals surface area contributed by atoms with Gasteiger partial charge in [-0.1, -0.05) is 43.2 Å². The Balaban J connectivity index is 1.39. The fraction of sp³-hybridized carbons (Fsp3) is 0.600. The summed E-state index contributed by atoms with van der Waals surface area (Å²) in [5, 5.41) is 12.6. The van der Waals surface area contributed by atoms with Crippen LogP contribution in [0.2, 0.25) is 0 Å². The fourth-order valence-corrected chi connectivity index (χ4v) is 4.71. The molecular weight excluding hydrogens is 344 g/mol. The average molecular weight is 372 g/mol. The number of fused-ring (bicyclic) bond motifs is 1. The highest BCUT2D eigenvalue weighted by Gasteiger charge is 2.46. The van der Waals surface area contributed by atoms with Gasteiger partial charge in [-0.25, -0.2) is 5.43 Å². The molecule has 0 aromatic heterocycles. The van der Waals surface area contributed by atoms with E-state index in [1.54, 1.807) is 0 Å². The number of benzene rings is 1. The maximum absolute atomic E-state index is 12.7. The molecule has 27 heavy (non-hydrogen) atoms. The summed E-state index contributed by atoms with van der Waals surface area (Å²) in [6.45, 7) is 0.262. The van der Waals surface area contributed by atoms with Gasteiger partial charge in [-0.3, -0.25) is 15.0 Å². The summed E-state index contributed by atoms with van der Waals surface area (Å²) in [5.74, 6) is -0.0976. The molecule has 4 N–H and O–H groups in total. The standard InChI is InChI=1S/C20H28N4O3/c25-12-17(13-6-2-1-3-7-13)21-20(27)14-10-18(26)24(11-14)19-15-8-4-5-9-16(15)22-23-19/h1-3,6-7,14-17,19,22-23,25H,4-5,8-12H2,(H,21,27)/t14?,15?,16?,17-,19?/m1/s1. The zero-order chi connectivity index (χ0) is 18.8. The quantitative estimate of drug-likeness (QED) is 0.610. The molecule has 1 aromatic carbocycles. The number of carbonyl (C=O) groups excluding carboxylic acids is 2. The first-order valence-corrected chi connectivity index (χ1v) is 9.94. The van der Waals surface area contributed by atoms with E-state index < -0.39 is 6.04 Å². The van der Waals surface area contributed by atoms with E-state index in [0.717, 1.165) is 18.4 Å². The summed E-state index contributed by atoms with van der Waals surface area (Å²) >= 11 is 0. The van der Waals surface area contributed by atoms with Crippen LogP contribution in [-0.2, 0) is 9.59 Å². The maximum Gasteiger partial charge on any atom is 0.225 e. The minimum atomic E-state index is -0.447. The molecule has 7 heteroatoms. The van der Waals surface area contributed by atoms with Gasteiger partial charge in [0.15, 0.2) is 0 Å². The number of likely N-dealkylation sites (tertiary alicyclic amines) is 1. The van der Waals surface area contributed by atoms with E-state index in [1.807, 2.05) is 35.2 Å². The molecule has 7 nitrogen and oxygen atoms in total. The van der Waals surface area contributed by atoms with Gasteiger partial charge in [0.1, 0.15) is 0 Å². The average Bonchev–Trinajstić information content (AvgIpc) is 3.30. The minimum Gasteiger partial charge on any atom is -0.394 e. The normalized spacial score (nSPS) is 31.6. The van der Waals surface area contributed by atoms with Crippen molar-refractivity contribution in [2.75, 3.05) is 13.2 Å². The van der Waals surface area contributed by atoms with Gasteiger partial charge < -0.3 is 15.3 Å². The van der Waals surface area contributed by atoms with Gasteiger partial charge in [0.25, 0.3) is 0 Å². The van der Waals surface area contributed by atoms with E-state index in [9.17, 15) is 14.7 Å². The van der Waals surface area contributed by atoms with Crippen LogP contribution in [0.15, 0.2) is 30.3 Å². The molecule has 1 aliphatic carbocycles. The Hall–Kier alpha value is -1.96. The minimum absolute atomic E-state index is 0.0247. The molecule has 2 aliphatic heterocycles. The topological polar surface area (TPSA) is 93.7 Å². The molecule has 2 saturated heterocycles. The summed E-state index contributed by atoms with van der Waals surface area (Å²) in [5.41, 5.74) is 7.49. The summed E-state index contributed by atoms with van der Waals surface area (Å²) in [7, 11) is 0. The van der Waals surface area contributed by atoms with E-state index in [4.69, 9.17) is 0 Å². The molecule has 0 radical (unpaired) electrons. The monoisotopic (exact) mass is 372 g/mol. The number of aliphatic hydroxyl groups excluding tert-OH is 1. The summed E-state index contributed by atoms with van der Waals surface area (Å²) in [4.78, 5) is 27.2. The number of nitrogens with zero attached hydrogens (tertiary/aromatic N) is 1. The van der Waals surface area contributed by atoms with Crippen molar-refractivity contribution in [1.82, 2.24) is 21.1 Å². The van der Waals surface area contributed by atoms with Crippen molar-refractivity contribution in [2.45, 2.75) is 50.4 Å². The molecule has 3 aliphatic rings. The number of rotatable bonds is 5. The SMILES string of the molecule is O=C(N[C@H](CO)c1ccccc1)C1CC(=O)N(C2NNC3CCCCC32)C1. The molecule has 2 heterocycles. The van der Waals surface area contributed by atoms with Gasteiger partial charge >= 0.3 is 0 Å². The molecule has 4 unspecified atom stereocenters. The first-order chi connectivity index (χ1) is 13.2. The maximum atomic E-state index is 12.7. The van der Waals surface area contributed by atoms with Crippen LogP contribution in [0.25, 0.3) is 0 Å². The second kappa shape index (κ2) is 7.96. The number of nitrogens with one attached hydrogen (secondary N) is 3. The lowest BCUT2D eigenvalue weighted by Crippen LogP contribution is -2.48. The Morgan fingerprint density at radius 3 is 2.78 bits per heavy atom. The van der Waals surface area contributed by atoms with E-state index >= 15 is 0 Å². The Bertz CT molecular complexity index is 683. The molecule has 4 rings (SSSR count). The molecule has 1 aromatic rings. The largest absolute Gasteiger partial charge is 0.394 e. The van der Waals surface area contributed by atoms with Crippen LogP contribution in [0.3, 0.4) is 0 Å². The molecule has 146 valence electrons. The van der Waals surface area contributed by atoms with Crippen LogP contribution in [0, 0.1) is 11.8 Å². The van der Waals surface area contributed by atoms with Crippen LogP contribution in [0.5, 0.6) is 0 Å². The van der Waals surface area contributed by atoms with Crippen LogP contribution in [0.1, 0.15) is 43.7 Å². The zero-order valence-corrected chi connectivity index (χ0v) is 15.4. The van der Waals surface area contributed by atoms with Crippen molar-refractivity contribution in [2.24, 2.45) is 11.8 Å². The van der Waals surface area contributed by atoms with Crippen molar-refractivity contribution in [3.63, 3.8) is 0 Å². The molecule has 3 fully saturated rings. The first-order valence-electron chi connectivity index (χ1n) is 9.94. The first kappa shape index (κ1) is 18.4. The number of hydrazine groups is 1. The van der Waals surface area contributed by atoms with Crippen LogP contribution in [-0.4, -0.2) is 47.2 Å². The highest BCUT2D eigenvalue weighted by molar-refractivity contribution is 5.89. The molecule has 0 spiro atoms. The van der Waals surface area contributed by atoms with E-state index in [-0.39, 0.29) is 36.9 Å². The van der Waals surface area contributed by atoms with E-state index in [1.165, 1.54) is 12.8 Å². The molecular formula is C20H28N4O3.